The minimum absolute atomic E-state index is 0.712. The van der Waals surface area contributed by atoms with E-state index in [4.69, 9.17) is 4.74 Å². The van der Waals surface area contributed by atoms with Gasteiger partial charge in [0, 0.05) is 5.33 Å². The molecule has 2 aromatic carbocycles. The van der Waals surface area contributed by atoms with Crippen molar-refractivity contribution in [1.82, 2.24) is 0 Å². The molecule has 18 heavy (non-hydrogen) atoms. The van der Waals surface area contributed by atoms with Crippen LogP contribution in [0, 0.1) is 5.92 Å². The fraction of sp³-hybridized carbons (Fsp3) is 0.250. The number of alkyl halides is 1. The Morgan fingerprint density at radius 3 is 2.50 bits per heavy atom. The average Bonchev–Trinajstić information content (AvgIpc) is 3.20. The largest absolute Gasteiger partial charge is 0.457 e. The molecule has 2 atom stereocenters. The van der Waals surface area contributed by atoms with Crippen LogP contribution in [0.4, 0.5) is 0 Å². The van der Waals surface area contributed by atoms with Crippen molar-refractivity contribution in [3.63, 3.8) is 0 Å². The van der Waals surface area contributed by atoms with E-state index in [2.05, 4.69) is 34.1 Å². The van der Waals surface area contributed by atoms with Crippen molar-refractivity contribution < 1.29 is 4.74 Å². The molecule has 2 aromatic rings. The monoisotopic (exact) mass is 302 g/mol. The Hall–Kier alpha value is -1.28. The van der Waals surface area contributed by atoms with Gasteiger partial charge in [-0.1, -0.05) is 46.3 Å². The number of ether oxygens (including phenoxy) is 1. The number of halogens is 1. The van der Waals surface area contributed by atoms with Gasteiger partial charge in [0.05, 0.1) is 0 Å². The first-order chi connectivity index (χ1) is 8.86. The first-order valence-corrected chi connectivity index (χ1v) is 7.38. The molecule has 0 aliphatic heterocycles. The summed E-state index contributed by atoms with van der Waals surface area (Å²) in [4.78, 5) is 0. The number of hydrogen-bond donors (Lipinski definition) is 0. The molecule has 0 radical (unpaired) electrons. The molecule has 0 bridgehead atoms. The second-order valence-electron chi connectivity index (χ2n) is 4.74. The molecule has 0 amide bonds. The first-order valence-electron chi connectivity index (χ1n) is 6.25. The Morgan fingerprint density at radius 2 is 1.78 bits per heavy atom. The van der Waals surface area contributed by atoms with Gasteiger partial charge < -0.3 is 4.74 Å². The molecular formula is C16H15BrO. The van der Waals surface area contributed by atoms with Crippen LogP contribution in [0.5, 0.6) is 11.5 Å². The zero-order valence-corrected chi connectivity index (χ0v) is 11.6. The lowest BCUT2D eigenvalue weighted by atomic mass is 10.1. The second kappa shape index (κ2) is 5.15. The van der Waals surface area contributed by atoms with E-state index in [-0.39, 0.29) is 0 Å². The summed E-state index contributed by atoms with van der Waals surface area (Å²) in [6.45, 7) is 0. The van der Waals surface area contributed by atoms with Gasteiger partial charge in [-0.3, -0.25) is 0 Å². The van der Waals surface area contributed by atoms with E-state index in [1.165, 1.54) is 12.0 Å². The predicted molar refractivity (Wildman–Crippen MR) is 77.6 cm³/mol. The minimum Gasteiger partial charge on any atom is -0.457 e. The maximum atomic E-state index is 5.85. The molecule has 1 aliphatic carbocycles. The molecule has 0 spiro atoms. The van der Waals surface area contributed by atoms with Gasteiger partial charge in [-0.25, -0.2) is 0 Å². The Kier molecular flexibility index (Phi) is 3.37. The summed E-state index contributed by atoms with van der Waals surface area (Å²) in [6.07, 6.45) is 1.29. The van der Waals surface area contributed by atoms with Gasteiger partial charge in [-0.2, -0.15) is 0 Å². The molecule has 1 fully saturated rings. The van der Waals surface area contributed by atoms with Crippen LogP contribution in [0.25, 0.3) is 0 Å². The molecule has 1 nitrogen and oxygen atoms in total. The maximum absolute atomic E-state index is 5.85. The molecule has 1 aliphatic rings. The Morgan fingerprint density at radius 1 is 1.00 bits per heavy atom. The quantitative estimate of drug-likeness (QED) is 0.724. The molecule has 0 N–H and O–H groups in total. The van der Waals surface area contributed by atoms with Gasteiger partial charge in [-0.15, -0.1) is 0 Å². The highest BCUT2D eigenvalue weighted by molar-refractivity contribution is 9.09. The number of para-hydroxylation sites is 1. The van der Waals surface area contributed by atoms with Gasteiger partial charge in [-0.05, 0) is 48.1 Å². The normalized spacial score (nSPS) is 21.6. The summed E-state index contributed by atoms with van der Waals surface area (Å²) in [6, 6.07) is 18.4. The topological polar surface area (TPSA) is 9.23 Å². The Bertz CT molecular complexity index is 524. The van der Waals surface area contributed by atoms with Gasteiger partial charge in [0.2, 0.25) is 0 Å². The van der Waals surface area contributed by atoms with Gasteiger partial charge in [0.25, 0.3) is 0 Å². The van der Waals surface area contributed by atoms with E-state index >= 15 is 0 Å². The Labute approximate surface area is 116 Å². The highest BCUT2D eigenvalue weighted by atomic mass is 79.9. The van der Waals surface area contributed by atoms with Crippen molar-refractivity contribution in [3.05, 3.63) is 60.2 Å². The fourth-order valence-electron chi connectivity index (χ4n) is 2.26. The third-order valence-electron chi connectivity index (χ3n) is 3.39. The molecule has 2 unspecified atom stereocenters. The summed E-state index contributed by atoms with van der Waals surface area (Å²) in [7, 11) is 0. The zero-order chi connectivity index (χ0) is 12.4. The number of rotatable bonds is 4. The van der Waals surface area contributed by atoms with Crippen LogP contribution >= 0.6 is 15.9 Å². The van der Waals surface area contributed by atoms with Crippen molar-refractivity contribution in [2.24, 2.45) is 5.92 Å². The summed E-state index contributed by atoms with van der Waals surface area (Å²) in [5, 5.41) is 1.10. The summed E-state index contributed by atoms with van der Waals surface area (Å²) in [5.41, 5.74) is 1.40. The highest BCUT2D eigenvalue weighted by Gasteiger charge is 2.37. The maximum Gasteiger partial charge on any atom is 0.127 e. The number of benzene rings is 2. The van der Waals surface area contributed by atoms with Crippen LogP contribution in [0.2, 0.25) is 0 Å². The van der Waals surface area contributed by atoms with Crippen molar-refractivity contribution >= 4 is 15.9 Å². The van der Waals surface area contributed by atoms with E-state index < -0.39 is 0 Å². The summed E-state index contributed by atoms with van der Waals surface area (Å²) < 4.78 is 5.85. The van der Waals surface area contributed by atoms with Crippen molar-refractivity contribution in [2.45, 2.75) is 12.3 Å². The lowest BCUT2D eigenvalue weighted by Gasteiger charge is -2.07. The molecule has 1 saturated carbocycles. The third-order valence-corrected chi connectivity index (χ3v) is 4.22. The second-order valence-corrected chi connectivity index (χ2v) is 5.39. The van der Waals surface area contributed by atoms with E-state index in [1.807, 2.05) is 36.4 Å². The van der Waals surface area contributed by atoms with E-state index in [0.29, 0.717) is 5.92 Å². The predicted octanol–water partition coefficient (Wildman–Crippen LogP) is 4.98. The van der Waals surface area contributed by atoms with E-state index in [9.17, 15) is 0 Å². The third kappa shape index (κ3) is 2.59. The smallest absolute Gasteiger partial charge is 0.127 e. The van der Waals surface area contributed by atoms with Gasteiger partial charge in [0.1, 0.15) is 11.5 Å². The van der Waals surface area contributed by atoms with E-state index in [1.54, 1.807) is 0 Å². The summed E-state index contributed by atoms with van der Waals surface area (Å²) in [5.74, 6) is 3.34. The number of hydrogen-bond acceptors (Lipinski definition) is 1. The Balaban J connectivity index is 1.76. The fourth-order valence-corrected chi connectivity index (χ4v) is 2.98. The molecule has 0 aromatic heterocycles. The lowest BCUT2D eigenvalue weighted by molar-refractivity contribution is 0.482. The van der Waals surface area contributed by atoms with Crippen LogP contribution in [0.3, 0.4) is 0 Å². The molecule has 92 valence electrons. The SMILES string of the molecule is BrCC1CC1c1cccc(Oc2ccccc2)c1. The molecule has 2 heteroatoms. The van der Waals surface area contributed by atoms with Gasteiger partial charge in [0.15, 0.2) is 0 Å². The molecular weight excluding hydrogens is 288 g/mol. The van der Waals surface area contributed by atoms with Crippen LogP contribution in [-0.2, 0) is 0 Å². The minimum atomic E-state index is 0.712. The van der Waals surface area contributed by atoms with Crippen LogP contribution < -0.4 is 4.74 Å². The molecule has 0 heterocycles. The van der Waals surface area contributed by atoms with Crippen molar-refractivity contribution in [3.8, 4) is 11.5 Å². The molecule has 0 saturated heterocycles. The van der Waals surface area contributed by atoms with Crippen LogP contribution in [-0.4, -0.2) is 5.33 Å². The lowest BCUT2D eigenvalue weighted by Crippen LogP contribution is -1.87. The zero-order valence-electron chi connectivity index (χ0n) is 10.1. The standard InChI is InChI=1S/C16H15BrO/c17-11-13-10-16(13)12-5-4-8-15(9-12)18-14-6-2-1-3-7-14/h1-9,13,16H,10-11H2. The summed E-state index contributed by atoms with van der Waals surface area (Å²) >= 11 is 3.55. The average molecular weight is 303 g/mol. The first kappa shape index (κ1) is 11.8. The van der Waals surface area contributed by atoms with Gasteiger partial charge >= 0.3 is 0 Å². The van der Waals surface area contributed by atoms with Crippen LogP contribution in [0.1, 0.15) is 17.9 Å². The van der Waals surface area contributed by atoms with Crippen molar-refractivity contribution in [1.29, 1.82) is 0 Å². The van der Waals surface area contributed by atoms with Crippen molar-refractivity contribution in [2.75, 3.05) is 5.33 Å². The van der Waals surface area contributed by atoms with Crippen LogP contribution in [0.15, 0.2) is 54.6 Å². The molecule has 3 rings (SSSR count). The highest BCUT2D eigenvalue weighted by Crippen LogP contribution is 2.48. The van der Waals surface area contributed by atoms with E-state index in [0.717, 1.165) is 22.7 Å².